The number of aromatic nitrogens is 5. The van der Waals surface area contributed by atoms with Crippen LogP contribution < -0.4 is 4.90 Å². The van der Waals surface area contributed by atoms with E-state index in [1.54, 1.807) is 0 Å². The van der Waals surface area contributed by atoms with Crippen LogP contribution in [0.15, 0.2) is 24.7 Å². The Balaban J connectivity index is 1.44. The molecule has 0 saturated carbocycles. The molecule has 1 spiro atoms. The van der Waals surface area contributed by atoms with Crippen LogP contribution in [0.25, 0.3) is 22.3 Å². The number of pyridine rings is 1. The molecular formula is C21H27N7O. The lowest BCUT2D eigenvalue weighted by Gasteiger charge is -2.40. The Morgan fingerprint density at radius 2 is 2.00 bits per heavy atom. The summed E-state index contributed by atoms with van der Waals surface area (Å²) in [5.74, 6) is 1.69. The van der Waals surface area contributed by atoms with Gasteiger partial charge in [-0.15, -0.1) is 0 Å². The van der Waals surface area contributed by atoms with Crippen LogP contribution in [0.2, 0.25) is 0 Å². The molecule has 152 valence electrons. The van der Waals surface area contributed by atoms with Crippen LogP contribution in [0.3, 0.4) is 0 Å². The summed E-state index contributed by atoms with van der Waals surface area (Å²) >= 11 is 0. The molecule has 2 aliphatic rings. The van der Waals surface area contributed by atoms with Crippen molar-refractivity contribution in [1.82, 2.24) is 30.0 Å². The Morgan fingerprint density at radius 1 is 1.17 bits per heavy atom. The van der Waals surface area contributed by atoms with Crippen molar-refractivity contribution in [3.63, 3.8) is 0 Å². The van der Waals surface area contributed by atoms with Crippen molar-refractivity contribution in [2.24, 2.45) is 5.41 Å². The van der Waals surface area contributed by atoms with Gasteiger partial charge in [-0.05, 0) is 44.2 Å². The molecule has 0 aliphatic carbocycles. The topological polar surface area (TPSA) is 94.1 Å². The third-order valence-electron chi connectivity index (χ3n) is 6.61. The molecule has 8 heteroatoms. The number of piperidine rings is 1. The van der Waals surface area contributed by atoms with Crippen LogP contribution in [-0.2, 0) is 0 Å². The number of aryl methyl sites for hydroxylation is 1. The molecule has 2 aliphatic heterocycles. The first-order chi connectivity index (χ1) is 14.2. The molecule has 2 saturated heterocycles. The Kier molecular flexibility index (Phi) is 4.67. The zero-order valence-electron chi connectivity index (χ0n) is 16.8. The number of aliphatic hydroxyl groups excluding tert-OH is 1. The minimum absolute atomic E-state index is 0.249. The van der Waals surface area contributed by atoms with E-state index < -0.39 is 0 Å². The number of likely N-dealkylation sites (tertiary alicyclic amines) is 1. The molecule has 2 N–H and O–H groups in total. The SMILES string of the molecule is Cc1n[nH]cc1-c1nc(N2CCC3(CCN(CCO)C3)CC2)c2ccncc2n1. The predicted molar refractivity (Wildman–Crippen MR) is 112 cm³/mol. The maximum absolute atomic E-state index is 9.25. The summed E-state index contributed by atoms with van der Waals surface area (Å²) in [6.45, 7) is 7.20. The number of aliphatic hydroxyl groups is 1. The molecule has 3 aromatic rings. The summed E-state index contributed by atoms with van der Waals surface area (Å²) in [4.78, 5) is 18.8. The summed E-state index contributed by atoms with van der Waals surface area (Å²) in [5, 5.41) is 17.4. The highest BCUT2D eigenvalue weighted by Gasteiger charge is 2.40. The standard InChI is InChI=1S/C21H27N7O/c1-15-17(12-23-26-15)19-24-18-13-22-6-2-16(18)20(25-19)28-8-4-21(5-9-28)3-7-27(14-21)10-11-29/h2,6,12-13,29H,3-5,7-11,14H2,1H3,(H,23,26). The van der Waals surface area contributed by atoms with E-state index in [0.29, 0.717) is 11.2 Å². The fraction of sp³-hybridized carbons (Fsp3) is 0.524. The molecule has 0 unspecified atom stereocenters. The maximum atomic E-state index is 9.25. The summed E-state index contributed by atoms with van der Waals surface area (Å²) in [6.07, 6.45) is 9.03. The van der Waals surface area contributed by atoms with Crippen molar-refractivity contribution in [3.05, 3.63) is 30.4 Å². The normalized spacial score (nSPS) is 19.4. The molecule has 8 nitrogen and oxygen atoms in total. The number of β-amino-alcohol motifs (C(OH)–C–C–N with tert-alkyl or cyclic N) is 1. The number of aromatic amines is 1. The molecule has 0 bridgehead atoms. The molecule has 0 radical (unpaired) electrons. The van der Waals surface area contributed by atoms with Gasteiger partial charge in [-0.25, -0.2) is 9.97 Å². The van der Waals surface area contributed by atoms with Gasteiger partial charge in [0.05, 0.1) is 29.6 Å². The van der Waals surface area contributed by atoms with Crippen molar-refractivity contribution in [1.29, 1.82) is 0 Å². The third kappa shape index (κ3) is 3.36. The van der Waals surface area contributed by atoms with Crippen LogP contribution in [0.5, 0.6) is 0 Å². The number of fused-ring (bicyclic) bond motifs is 1. The van der Waals surface area contributed by atoms with Crippen molar-refractivity contribution in [3.8, 4) is 11.4 Å². The summed E-state index contributed by atoms with van der Waals surface area (Å²) in [6, 6.07) is 2.01. The number of rotatable bonds is 4. The lowest BCUT2D eigenvalue weighted by atomic mass is 9.78. The maximum Gasteiger partial charge on any atom is 0.165 e. The van der Waals surface area contributed by atoms with Crippen LogP contribution in [-0.4, -0.2) is 74.5 Å². The molecule has 0 aromatic carbocycles. The Morgan fingerprint density at radius 3 is 2.76 bits per heavy atom. The van der Waals surface area contributed by atoms with E-state index in [0.717, 1.165) is 73.5 Å². The highest BCUT2D eigenvalue weighted by atomic mass is 16.3. The molecule has 5 heterocycles. The Bertz CT molecular complexity index is 1010. The van der Waals surface area contributed by atoms with Crippen molar-refractivity contribution >= 4 is 16.7 Å². The first-order valence-corrected chi connectivity index (χ1v) is 10.4. The van der Waals surface area contributed by atoms with Gasteiger partial charge in [0.25, 0.3) is 0 Å². The average Bonchev–Trinajstić information content (AvgIpc) is 3.34. The molecule has 2 fully saturated rings. The fourth-order valence-electron chi connectivity index (χ4n) is 4.87. The van der Waals surface area contributed by atoms with Crippen molar-refractivity contribution in [2.75, 3.05) is 44.2 Å². The molecule has 5 rings (SSSR count). The monoisotopic (exact) mass is 393 g/mol. The van der Waals surface area contributed by atoms with Gasteiger partial charge in [0.2, 0.25) is 0 Å². The fourth-order valence-corrected chi connectivity index (χ4v) is 4.87. The number of nitrogens with zero attached hydrogens (tertiary/aromatic N) is 6. The largest absolute Gasteiger partial charge is 0.395 e. The van der Waals surface area contributed by atoms with Gasteiger partial charge < -0.3 is 14.9 Å². The summed E-state index contributed by atoms with van der Waals surface area (Å²) in [7, 11) is 0. The molecule has 29 heavy (non-hydrogen) atoms. The number of hydrogen-bond donors (Lipinski definition) is 2. The van der Waals surface area contributed by atoms with Gasteiger partial charge >= 0.3 is 0 Å². The van der Waals surface area contributed by atoms with E-state index >= 15 is 0 Å². The minimum Gasteiger partial charge on any atom is -0.395 e. The van der Waals surface area contributed by atoms with Crippen LogP contribution in [0.4, 0.5) is 5.82 Å². The Labute approximate surface area is 170 Å². The Hall–Kier alpha value is -2.58. The van der Waals surface area contributed by atoms with E-state index in [1.165, 1.54) is 6.42 Å². The summed E-state index contributed by atoms with van der Waals surface area (Å²) in [5.41, 5.74) is 3.08. The van der Waals surface area contributed by atoms with E-state index in [2.05, 4.69) is 25.0 Å². The second-order valence-corrected chi connectivity index (χ2v) is 8.38. The van der Waals surface area contributed by atoms with E-state index in [-0.39, 0.29) is 6.61 Å². The number of nitrogens with one attached hydrogen (secondary N) is 1. The molecule has 0 atom stereocenters. The second kappa shape index (κ2) is 7.35. The van der Waals surface area contributed by atoms with Gasteiger partial charge in [-0.1, -0.05) is 0 Å². The molecule has 3 aromatic heterocycles. The van der Waals surface area contributed by atoms with E-state index in [9.17, 15) is 5.11 Å². The minimum atomic E-state index is 0.249. The van der Waals surface area contributed by atoms with E-state index in [1.807, 2.05) is 31.6 Å². The van der Waals surface area contributed by atoms with E-state index in [4.69, 9.17) is 9.97 Å². The predicted octanol–water partition coefficient (Wildman–Crippen LogP) is 2.01. The van der Waals surface area contributed by atoms with Gasteiger partial charge in [0.1, 0.15) is 5.82 Å². The zero-order valence-corrected chi connectivity index (χ0v) is 16.8. The van der Waals surface area contributed by atoms with Gasteiger partial charge in [-0.2, -0.15) is 5.10 Å². The number of H-pyrrole nitrogens is 1. The lowest BCUT2D eigenvalue weighted by molar-refractivity contribution is 0.181. The number of hydrogen-bond acceptors (Lipinski definition) is 7. The quantitative estimate of drug-likeness (QED) is 0.700. The first-order valence-electron chi connectivity index (χ1n) is 10.4. The third-order valence-corrected chi connectivity index (χ3v) is 6.61. The van der Waals surface area contributed by atoms with Crippen molar-refractivity contribution < 1.29 is 5.11 Å². The van der Waals surface area contributed by atoms with Crippen LogP contribution in [0, 0.1) is 12.3 Å². The summed E-state index contributed by atoms with van der Waals surface area (Å²) < 4.78 is 0. The van der Waals surface area contributed by atoms with Gasteiger partial charge in [0, 0.05) is 44.0 Å². The highest BCUT2D eigenvalue weighted by Crippen LogP contribution is 2.42. The smallest absolute Gasteiger partial charge is 0.165 e. The molecular weight excluding hydrogens is 366 g/mol. The average molecular weight is 393 g/mol. The van der Waals surface area contributed by atoms with Gasteiger partial charge in [0.15, 0.2) is 5.82 Å². The second-order valence-electron chi connectivity index (χ2n) is 8.38. The van der Waals surface area contributed by atoms with Crippen LogP contribution >= 0.6 is 0 Å². The lowest BCUT2D eigenvalue weighted by Crippen LogP contribution is -2.42. The number of anilines is 1. The first kappa shape index (κ1) is 18.4. The van der Waals surface area contributed by atoms with Gasteiger partial charge in [-0.3, -0.25) is 10.1 Å². The highest BCUT2D eigenvalue weighted by molar-refractivity contribution is 5.90. The van der Waals surface area contributed by atoms with Crippen molar-refractivity contribution in [2.45, 2.75) is 26.2 Å². The van der Waals surface area contributed by atoms with Crippen LogP contribution in [0.1, 0.15) is 25.0 Å². The molecule has 0 amide bonds. The zero-order chi connectivity index (χ0) is 19.8.